The molecule has 0 aromatic heterocycles. The number of aliphatic hydroxyl groups is 1. The van der Waals surface area contributed by atoms with E-state index in [-0.39, 0.29) is 11.1 Å². The molecule has 2 bridgehead atoms. The summed E-state index contributed by atoms with van der Waals surface area (Å²) in [6.07, 6.45) is 5.40. The highest BCUT2D eigenvalue weighted by Crippen LogP contribution is 2.62. The number of hydrogen-bond acceptors (Lipinski definition) is 2. The van der Waals surface area contributed by atoms with Crippen LogP contribution in [0.3, 0.4) is 0 Å². The first-order valence-electron chi connectivity index (χ1n) is 5.52. The van der Waals surface area contributed by atoms with Crippen LogP contribution in [-0.4, -0.2) is 16.2 Å². The van der Waals surface area contributed by atoms with Crippen molar-refractivity contribution in [2.75, 3.05) is 0 Å². The Kier molecular flexibility index (Phi) is 1.34. The SMILES string of the molecule is CC1CC2(N)CC3CC(O)(C1)C3C2. The standard InChI is InChI=1S/C11H19NO/c1-7-2-10(12)4-8-5-11(13,3-7)9(8)6-10/h7-9,13H,2-6,12H2,1H3. The molecule has 3 aliphatic carbocycles. The van der Waals surface area contributed by atoms with Gasteiger partial charge in [-0.3, -0.25) is 0 Å². The minimum Gasteiger partial charge on any atom is -0.390 e. The summed E-state index contributed by atoms with van der Waals surface area (Å²) in [7, 11) is 0. The maximum absolute atomic E-state index is 10.3. The van der Waals surface area contributed by atoms with Gasteiger partial charge in [0.05, 0.1) is 5.60 Å². The normalized spacial score (nSPS) is 64.4. The van der Waals surface area contributed by atoms with Crippen molar-refractivity contribution < 1.29 is 5.11 Å². The molecule has 0 amide bonds. The first-order chi connectivity index (χ1) is 6.01. The molecule has 74 valence electrons. The van der Waals surface area contributed by atoms with E-state index in [9.17, 15) is 5.11 Å². The van der Waals surface area contributed by atoms with Crippen molar-refractivity contribution in [3.63, 3.8) is 0 Å². The molecule has 0 saturated heterocycles. The van der Waals surface area contributed by atoms with Gasteiger partial charge in [-0.2, -0.15) is 0 Å². The van der Waals surface area contributed by atoms with E-state index < -0.39 is 0 Å². The second kappa shape index (κ2) is 2.12. The summed E-state index contributed by atoms with van der Waals surface area (Å²) < 4.78 is 0. The molecular weight excluding hydrogens is 162 g/mol. The van der Waals surface area contributed by atoms with Crippen LogP contribution >= 0.6 is 0 Å². The van der Waals surface area contributed by atoms with Gasteiger partial charge < -0.3 is 10.8 Å². The molecule has 3 aliphatic rings. The summed E-state index contributed by atoms with van der Waals surface area (Å²) in [4.78, 5) is 0. The topological polar surface area (TPSA) is 46.2 Å². The zero-order chi connectivity index (χ0) is 9.27. The van der Waals surface area contributed by atoms with Gasteiger partial charge in [0, 0.05) is 5.54 Å². The maximum Gasteiger partial charge on any atom is 0.0684 e. The summed E-state index contributed by atoms with van der Waals surface area (Å²) in [5.74, 6) is 1.91. The van der Waals surface area contributed by atoms with Crippen LogP contribution in [0.5, 0.6) is 0 Å². The lowest BCUT2D eigenvalue weighted by Crippen LogP contribution is -2.52. The number of rotatable bonds is 0. The van der Waals surface area contributed by atoms with Crippen molar-refractivity contribution in [3.8, 4) is 0 Å². The number of nitrogens with two attached hydrogens (primary N) is 1. The van der Waals surface area contributed by atoms with Crippen LogP contribution in [0.25, 0.3) is 0 Å². The molecule has 3 rings (SSSR count). The zero-order valence-electron chi connectivity index (χ0n) is 8.29. The zero-order valence-corrected chi connectivity index (χ0v) is 8.29. The van der Waals surface area contributed by atoms with Crippen LogP contribution in [0.15, 0.2) is 0 Å². The summed E-state index contributed by atoms with van der Waals surface area (Å²) in [6.45, 7) is 2.24. The minimum absolute atomic E-state index is 0.0791. The minimum atomic E-state index is -0.318. The lowest BCUT2D eigenvalue weighted by molar-refractivity contribution is -0.136. The van der Waals surface area contributed by atoms with Crippen LogP contribution in [0.2, 0.25) is 0 Å². The van der Waals surface area contributed by atoms with E-state index in [0.29, 0.717) is 11.8 Å². The Labute approximate surface area is 79.5 Å². The van der Waals surface area contributed by atoms with Gasteiger partial charge in [-0.1, -0.05) is 6.92 Å². The number of fused-ring (bicyclic) bond motifs is 1. The van der Waals surface area contributed by atoms with Gasteiger partial charge in [0.15, 0.2) is 0 Å². The first kappa shape index (κ1) is 8.25. The Bertz CT molecular complexity index is 248. The van der Waals surface area contributed by atoms with Gasteiger partial charge in [-0.15, -0.1) is 0 Å². The van der Waals surface area contributed by atoms with E-state index in [0.717, 1.165) is 31.6 Å². The molecule has 0 radical (unpaired) electrons. The van der Waals surface area contributed by atoms with E-state index in [4.69, 9.17) is 5.73 Å². The molecule has 5 unspecified atom stereocenters. The van der Waals surface area contributed by atoms with Gasteiger partial charge in [-0.25, -0.2) is 0 Å². The van der Waals surface area contributed by atoms with Gasteiger partial charge in [-0.05, 0) is 49.9 Å². The largest absolute Gasteiger partial charge is 0.390 e. The lowest BCUT2D eigenvalue weighted by Gasteiger charge is -2.50. The molecule has 3 N–H and O–H groups in total. The fourth-order valence-corrected chi connectivity index (χ4v) is 4.41. The van der Waals surface area contributed by atoms with E-state index in [2.05, 4.69) is 6.92 Å². The van der Waals surface area contributed by atoms with Gasteiger partial charge in [0.1, 0.15) is 0 Å². The molecule has 0 heterocycles. The predicted octanol–water partition coefficient (Wildman–Crippen LogP) is 1.27. The number of hydrogen-bond donors (Lipinski definition) is 2. The average Bonchev–Trinajstić information content (AvgIpc) is 2.19. The van der Waals surface area contributed by atoms with Crippen molar-refractivity contribution in [1.82, 2.24) is 0 Å². The van der Waals surface area contributed by atoms with Crippen LogP contribution in [0.4, 0.5) is 0 Å². The molecule has 0 aliphatic heterocycles. The molecule has 0 aromatic carbocycles. The third-order valence-corrected chi connectivity index (χ3v) is 4.63. The summed E-state index contributed by atoms with van der Waals surface area (Å²) in [5, 5.41) is 10.3. The molecule has 2 heteroatoms. The van der Waals surface area contributed by atoms with E-state index >= 15 is 0 Å². The van der Waals surface area contributed by atoms with Crippen LogP contribution in [0, 0.1) is 17.8 Å². The highest BCUT2D eigenvalue weighted by atomic mass is 16.3. The molecule has 0 spiro atoms. The fourth-order valence-electron chi connectivity index (χ4n) is 4.41. The average molecular weight is 181 g/mol. The quantitative estimate of drug-likeness (QED) is 0.591. The Hall–Kier alpha value is -0.0800. The summed E-state index contributed by atoms with van der Waals surface area (Å²) in [6, 6.07) is 0. The summed E-state index contributed by atoms with van der Waals surface area (Å²) in [5.41, 5.74) is 6.12. The van der Waals surface area contributed by atoms with Gasteiger partial charge >= 0.3 is 0 Å². The maximum atomic E-state index is 10.3. The molecular formula is C11H19NO. The van der Waals surface area contributed by atoms with Gasteiger partial charge in [0.25, 0.3) is 0 Å². The van der Waals surface area contributed by atoms with E-state index in [1.165, 1.54) is 6.42 Å². The molecule has 5 atom stereocenters. The molecule has 13 heavy (non-hydrogen) atoms. The molecule has 3 fully saturated rings. The van der Waals surface area contributed by atoms with Crippen LogP contribution < -0.4 is 5.73 Å². The van der Waals surface area contributed by atoms with Crippen molar-refractivity contribution >= 4 is 0 Å². The Morgan fingerprint density at radius 3 is 2.69 bits per heavy atom. The van der Waals surface area contributed by atoms with Crippen LogP contribution in [-0.2, 0) is 0 Å². The Balaban J connectivity index is 1.95. The van der Waals surface area contributed by atoms with Crippen molar-refractivity contribution in [2.24, 2.45) is 23.5 Å². The summed E-state index contributed by atoms with van der Waals surface area (Å²) >= 11 is 0. The van der Waals surface area contributed by atoms with Crippen molar-refractivity contribution in [2.45, 2.75) is 50.2 Å². The Morgan fingerprint density at radius 1 is 1.15 bits per heavy atom. The predicted molar refractivity (Wildman–Crippen MR) is 51.1 cm³/mol. The third-order valence-electron chi connectivity index (χ3n) is 4.63. The van der Waals surface area contributed by atoms with Crippen molar-refractivity contribution in [3.05, 3.63) is 0 Å². The fraction of sp³-hybridized carbons (Fsp3) is 1.00. The van der Waals surface area contributed by atoms with Crippen LogP contribution in [0.1, 0.15) is 39.0 Å². The molecule has 0 aromatic rings. The second-order valence-electron chi connectivity index (χ2n) is 5.96. The van der Waals surface area contributed by atoms with Crippen molar-refractivity contribution in [1.29, 1.82) is 0 Å². The van der Waals surface area contributed by atoms with E-state index in [1.54, 1.807) is 0 Å². The molecule has 3 saturated carbocycles. The Morgan fingerprint density at radius 2 is 1.92 bits per heavy atom. The second-order valence-corrected chi connectivity index (χ2v) is 5.96. The third kappa shape index (κ3) is 0.962. The monoisotopic (exact) mass is 181 g/mol. The highest BCUT2D eigenvalue weighted by molar-refractivity contribution is 5.15. The van der Waals surface area contributed by atoms with E-state index in [1.807, 2.05) is 0 Å². The lowest BCUT2D eigenvalue weighted by atomic mass is 9.60. The molecule has 2 nitrogen and oxygen atoms in total. The smallest absolute Gasteiger partial charge is 0.0684 e. The first-order valence-corrected chi connectivity index (χ1v) is 5.52. The van der Waals surface area contributed by atoms with Gasteiger partial charge in [0.2, 0.25) is 0 Å². The highest BCUT2D eigenvalue weighted by Gasteiger charge is 2.62.